The lowest BCUT2D eigenvalue weighted by atomic mass is 10.1. The largest absolute Gasteiger partial charge is 0.506 e. The van der Waals surface area contributed by atoms with Crippen molar-refractivity contribution in [2.24, 2.45) is 4.99 Å². The molecule has 1 aromatic rings. The number of aliphatic imine (C=N–C) groups is 1. The molecule has 9 nitrogen and oxygen atoms in total. The van der Waals surface area contributed by atoms with E-state index in [1.165, 1.54) is 14.2 Å². The van der Waals surface area contributed by atoms with E-state index in [2.05, 4.69) is 9.73 Å². The van der Waals surface area contributed by atoms with Crippen molar-refractivity contribution in [3.8, 4) is 11.5 Å². The topological polar surface area (TPSA) is 121 Å². The highest BCUT2D eigenvalue weighted by Crippen LogP contribution is 2.40. The maximum Gasteiger partial charge on any atom is 0.344 e. The molecule has 0 aromatic heterocycles. The molecule has 1 amide bonds. The van der Waals surface area contributed by atoms with E-state index in [1.54, 1.807) is 38.1 Å². The zero-order chi connectivity index (χ0) is 23.0. The number of aliphatic hydroxyl groups is 1. The summed E-state index contributed by atoms with van der Waals surface area (Å²) in [4.78, 5) is 39.6. The van der Waals surface area contributed by atoms with Crippen LogP contribution in [0.4, 0.5) is 0 Å². The maximum absolute atomic E-state index is 12.3. The van der Waals surface area contributed by atoms with Gasteiger partial charge in [-0.15, -0.1) is 0 Å². The van der Waals surface area contributed by atoms with Crippen LogP contribution in [-0.2, 0) is 23.9 Å². The van der Waals surface area contributed by atoms with Crippen LogP contribution >= 0.6 is 11.8 Å². The third-order valence-corrected chi connectivity index (χ3v) is 4.98. The number of carbonyl (C=O) groups is 3. The standard InChI is InChI=1S/C21H23NO8S/c1-5-16(23)22-20-18(21(26)29-6-2)19(25)15(31-20)10-12-7-8-13(14(9-12)27-3)30-11-17(24)28-4/h7-10,25H,5-6,11H2,1-4H3/b15-10-,22-20?. The Morgan fingerprint density at radius 3 is 2.52 bits per heavy atom. The van der Waals surface area contributed by atoms with Crippen LogP contribution in [-0.4, -0.2) is 55.4 Å². The number of carbonyl (C=O) groups excluding carboxylic acids is 3. The normalized spacial score (nSPS) is 15.9. The first-order valence-corrected chi connectivity index (χ1v) is 10.2. The van der Waals surface area contributed by atoms with Crippen LogP contribution in [0.25, 0.3) is 6.08 Å². The Kier molecular flexibility index (Phi) is 8.68. The highest BCUT2D eigenvalue weighted by molar-refractivity contribution is 8.18. The van der Waals surface area contributed by atoms with E-state index >= 15 is 0 Å². The number of benzene rings is 1. The van der Waals surface area contributed by atoms with Gasteiger partial charge in [0, 0.05) is 6.42 Å². The van der Waals surface area contributed by atoms with Crippen molar-refractivity contribution in [3.63, 3.8) is 0 Å². The molecule has 1 heterocycles. The van der Waals surface area contributed by atoms with Crippen LogP contribution in [0.5, 0.6) is 11.5 Å². The van der Waals surface area contributed by atoms with E-state index in [4.69, 9.17) is 14.2 Å². The third-order valence-electron chi connectivity index (χ3n) is 3.96. The van der Waals surface area contributed by atoms with Gasteiger partial charge in [0.25, 0.3) is 0 Å². The highest BCUT2D eigenvalue weighted by atomic mass is 32.2. The molecule has 0 atom stereocenters. The number of amides is 1. The molecular weight excluding hydrogens is 426 g/mol. The zero-order valence-corrected chi connectivity index (χ0v) is 18.4. The van der Waals surface area contributed by atoms with E-state index in [-0.39, 0.29) is 36.0 Å². The smallest absolute Gasteiger partial charge is 0.344 e. The Morgan fingerprint density at radius 2 is 1.90 bits per heavy atom. The highest BCUT2D eigenvalue weighted by Gasteiger charge is 2.33. The molecule has 0 unspecified atom stereocenters. The molecule has 0 bridgehead atoms. The van der Waals surface area contributed by atoms with Crippen molar-refractivity contribution >= 4 is 40.7 Å². The van der Waals surface area contributed by atoms with Crippen molar-refractivity contribution in [1.82, 2.24) is 0 Å². The van der Waals surface area contributed by atoms with Gasteiger partial charge in [-0.2, -0.15) is 0 Å². The Hall–Kier alpha value is -3.27. The minimum atomic E-state index is -0.761. The number of hydrogen-bond donors (Lipinski definition) is 1. The average molecular weight is 449 g/mol. The van der Waals surface area contributed by atoms with E-state index in [0.29, 0.717) is 22.0 Å². The van der Waals surface area contributed by atoms with E-state index < -0.39 is 17.8 Å². The van der Waals surface area contributed by atoms with Gasteiger partial charge < -0.3 is 24.1 Å². The van der Waals surface area contributed by atoms with Gasteiger partial charge in [-0.05, 0) is 30.7 Å². The number of methoxy groups -OCH3 is 2. The number of ether oxygens (including phenoxy) is 4. The van der Waals surface area contributed by atoms with Crippen LogP contribution in [0, 0.1) is 0 Å². The van der Waals surface area contributed by atoms with Gasteiger partial charge in [-0.1, -0.05) is 24.8 Å². The molecule has 0 spiro atoms. The first-order chi connectivity index (χ1) is 14.8. The number of aliphatic hydroxyl groups excluding tert-OH is 1. The minimum Gasteiger partial charge on any atom is -0.506 e. The zero-order valence-electron chi connectivity index (χ0n) is 17.6. The molecule has 1 aliphatic rings. The molecule has 0 radical (unpaired) electrons. The molecule has 31 heavy (non-hydrogen) atoms. The van der Waals surface area contributed by atoms with Gasteiger partial charge in [0.2, 0.25) is 5.91 Å². The summed E-state index contributed by atoms with van der Waals surface area (Å²) < 4.78 is 20.2. The monoisotopic (exact) mass is 449 g/mol. The van der Waals surface area contributed by atoms with Gasteiger partial charge in [-0.25, -0.2) is 14.6 Å². The number of thioether (sulfide) groups is 1. The molecule has 2 rings (SSSR count). The van der Waals surface area contributed by atoms with Crippen molar-refractivity contribution in [3.05, 3.63) is 40.0 Å². The van der Waals surface area contributed by atoms with E-state index in [0.717, 1.165) is 11.8 Å². The third kappa shape index (κ3) is 6.11. The predicted octanol–water partition coefficient (Wildman–Crippen LogP) is 3.05. The summed E-state index contributed by atoms with van der Waals surface area (Å²) in [6, 6.07) is 4.90. The first-order valence-electron chi connectivity index (χ1n) is 9.34. The van der Waals surface area contributed by atoms with Gasteiger partial charge in [0.1, 0.15) is 16.4 Å². The second-order valence-corrected chi connectivity index (χ2v) is 7.02. The molecule has 0 saturated heterocycles. The molecule has 166 valence electrons. The number of nitrogens with zero attached hydrogens (tertiary/aromatic N) is 1. The Labute approximate surface area is 183 Å². The summed E-state index contributed by atoms with van der Waals surface area (Å²) in [6.07, 6.45) is 1.76. The van der Waals surface area contributed by atoms with Crippen LogP contribution in [0.2, 0.25) is 0 Å². The van der Waals surface area contributed by atoms with Crippen molar-refractivity contribution in [1.29, 1.82) is 0 Å². The van der Waals surface area contributed by atoms with Gasteiger partial charge in [0.05, 0.1) is 25.7 Å². The lowest BCUT2D eigenvalue weighted by Gasteiger charge is -2.10. The molecule has 0 saturated carbocycles. The van der Waals surface area contributed by atoms with Gasteiger partial charge in [0.15, 0.2) is 18.1 Å². The summed E-state index contributed by atoms with van der Waals surface area (Å²) in [7, 11) is 2.70. The summed E-state index contributed by atoms with van der Waals surface area (Å²) in [6.45, 7) is 3.12. The SMILES string of the molecule is CCOC(=O)C1=C(O)/C(=C/c2ccc(OCC(=O)OC)c(OC)c2)SC1=NC(=O)CC. The van der Waals surface area contributed by atoms with Crippen LogP contribution in [0.3, 0.4) is 0 Å². The summed E-state index contributed by atoms with van der Waals surface area (Å²) in [5, 5.41) is 10.7. The van der Waals surface area contributed by atoms with Gasteiger partial charge in [-0.3, -0.25) is 4.79 Å². The fourth-order valence-electron chi connectivity index (χ4n) is 2.42. The molecule has 1 aliphatic heterocycles. The Balaban J connectivity index is 2.39. The first kappa shape index (κ1) is 24.0. The summed E-state index contributed by atoms with van der Waals surface area (Å²) in [5.74, 6) is -1.36. The summed E-state index contributed by atoms with van der Waals surface area (Å²) >= 11 is 0.987. The molecule has 0 fully saturated rings. The molecule has 10 heteroatoms. The molecule has 1 N–H and O–H groups in total. The molecular formula is C21H23NO8S. The van der Waals surface area contributed by atoms with E-state index in [9.17, 15) is 19.5 Å². The lowest BCUT2D eigenvalue weighted by Crippen LogP contribution is -2.14. The average Bonchev–Trinajstić information content (AvgIpc) is 3.06. The fourth-order valence-corrected chi connectivity index (χ4v) is 3.46. The predicted molar refractivity (Wildman–Crippen MR) is 115 cm³/mol. The number of esters is 2. The fraction of sp³-hybridized carbons (Fsp3) is 0.333. The lowest BCUT2D eigenvalue weighted by molar-refractivity contribution is -0.143. The van der Waals surface area contributed by atoms with E-state index in [1.807, 2.05) is 0 Å². The van der Waals surface area contributed by atoms with Crippen molar-refractivity contribution < 1.29 is 38.4 Å². The molecule has 1 aromatic carbocycles. The second kappa shape index (κ2) is 11.2. The van der Waals surface area contributed by atoms with Crippen LogP contribution < -0.4 is 9.47 Å². The van der Waals surface area contributed by atoms with Crippen molar-refractivity contribution in [2.45, 2.75) is 20.3 Å². The number of hydrogen-bond acceptors (Lipinski definition) is 9. The van der Waals surface area contributed by atoms with Crippen molar-refractivity contribution in [2.75, 3.05) is 27.4 Å². The Bertz CT molecular complexity index is 964. The van der Waals surface area contributed by atoms with Crippen LogP contribution in [0.1, 0.15) is 25.8 Å². The number of rotatable bonds is 8. The summed E-state index contributed by atoms with van der Waals surface area (Å²) in [5.41, 5.74) is 0.465. The van der Waals surface area contributed by atoms with Gasteiger partial charge >= 0.3 is 11.9 Å². The quantitative estimate of drug-likeness (QED) is 0.597. The van der Waals surface area contributed by atoms with Crippen LogP contribution in [0.15, 0.2) is 39.4 Å². The maximum atomic E-state index is 12.3. The second-order valence-electron chi connectivity index (χ2n) is 5.99. The Morgan fingerprint density at radius 1 is 1.16 bits per heavy atom. The minimum absolute atomic E-state index is 0.0825. The molecule has 0 aliphatic carbocycles.